The van der Waals surface area contributed by atoms with Gasteiger partial charge in [0.1, 0.15) is 23.5 Å². The molecule has 262 valence electrons. The maximum Gasteiger partial charge on any atom is 0.165 e. The van der Waals surface area contributed by atoms with Gasteiger partial charge in [0.25, 0.3) is 0 Å². The van der Waals surface area contributed by atoms with Gasteiger partial charge in [-0.1, -0.05) is 52.5 Å². The Balaban J connectivity index is 1.01. The van der Waals surface area contributed by atoms with Crippen LogP contribution in [0.2, 0.25) is 0 Å². The van der Waals surface area contributed by atoms with E-state index in [2.05, 4.69) is 18.0 Å². The quantitative estimate of drug-likeness (QED) is 0.125. The molecule has 1 saturated heterocycles. The van der Waals surface area contributed by atoms with Crippen molar-refractivity contribution in [1.82, 2.24) is 4.90 Å². The second-order valence-electron chi connectivity index (χ2n) is 15.5. The third kappa shape index (κ3) is 7.65. The number of aromatic hydroxyl groups is 1. The average Bonchev–Trinajstić information content (AvgIpc) is 3.40. The number of hydrogen-bond donors (Lipinski definition) is 2. The van der Waals surface area contributed by atoms with Crippen LogP contribution in [0.5, 0.6) is 11.5 Å². The number of ketones is 3. The van der Waals surface area contributed by atoms with E-state index >= 15 is 0 Å². The SMILES string of the molecule is CC(=O)C(C)CCCCC(C)C(=O)CCCCCC(C)C(=O)CCC(O)OC1CCC2C3Cc4ccc(O)c5c4C2(CCN3C)C1O5. The minimum absolute atomic E-state index is 0.0654. The largest absolute Gasteiger partial charge is 0.504 e. The molecule has 9 atom stereocenters. The third-order valence-corrected chi connectivity index (χ3v) is 12.4. The molecule has 8 nitrogen and oxygen atoms in total. The summed E-state index contributed by atoms with van der Waals surface area (Å²) in [5.41, 5.74) is 2.23. The highest BCUT2D eigenvalue weighted by Crippen LogP contribution is 2.64. The van der Waals surface area contributed by atoms with Crippen LogP contribution >= 0.6 is 0 Å². The number of aliphatic hydroxyl groups is 1. The number of Topliss-reactive ketones (excluding diaryl/α,β-unsaturated/α-hetero) is 3. The first-order valence-corrected chi connectivity index (χ1v) is 18.6. The van der Waals surface area contributed by atoms with Crippen molar-refractivity contribution in [3.8, 4) is 11.5 Å². The fourth-order valence-electron chi connectivity index (χ4n) is 9.21. The molecule has 1 aromatic carbocycles. The molecule has 2 bridgehead atoms. The molecule has 0 aromatic heterocycles. The summed E-state index contributed by atoms with van der Waals surface area (Å²) in [7, 11) is 2.21. The number of likely N-dealkylation sites (N-methyl/N-ethyl adjacent to an activating group) is 1. The third-order valence-electron chi connectivity index (χ3n) is 12.4. The van der Waals surface area contributed by atoms with E-state index in [1.54, 1.807) is 13.0 Å². The van der Waals surface area contributed by atoms with E-state index in [4.69, 9.17) is 9.47 Å². The lowest BCUT2D eigenvalue weighted by molar-refractivity contribution is -0.197. The standard InChI is InChI=1S/C39H59NO7/c1-24(27(4)41)11-9-10-13-25(2)31(42)14-8-6-7-12-26(3)32(43)18-20-35(45)46-34-19-16-29-30-23-28-15-17-33(44)37-36(28)39(29,38(34)47-37)21-22-40(30)5/h15,17,24-26,29-30,34-35,38,44-45H,6-14,16,18-23H2,1-5H3. The minimum atomic E-state index is -1.04. The first kappa shape index (κ1) is 36.0. The molecule has 0 radical (unpaired) electrons. The van der Waals surface area contributed by atoms with Crippen molar-refractivity contribution in [2.45, 2.75) is 154 Å². The molecule has 1 aromatic rings. The van der Waals surface area contributed by atoms with Crippen molar-refractivity contribution in [2.24, 2.45) is 23.7 Å². The van der Waals surface area contributed by atoms with Gasteiger partial charge in [-0.15, -0.1) is 0 Å². The van der Waals surface area contributed by atoms with Crippen LogP contribution in [0.1, 0.15) is 129 Å². The molecule has 2 aliphatic carbocycles. The Bertz CT molecular complexity index is 1280. The topological polar surface area (TPSA) is 113 Å². The summed E-state index contributed by atoms with van der Waals surface area (Å²) in [6, 6.07) is 4.25. The molecule has 1 spiro atoms. The average molecular weight is 654 g/mol. The predicted octanol–water partition coefficient (Wildman–Crippen LogP) is 6.69. The van der Waals surface area contributed by atoms with E-state index in [-0.39, 0.29) is 65.5 Å². The fraction of sp³-hybridized carbons (Fsp3) is 0.769. The molecule has 47 heavy (non-hydrogen) atoms. The molecular formula is C39H59NO7. The van der Waals surface area contributed by atoms with Crippen LogP contribution in [-0.4, -0.2) is 70.6 Å². The summed E-state index contributed by atoms with van der Waals surface area (Å²) in [4.78, 5) is 39.3. The second kappa shape index (κ2) is 15.5. The van der Waals surface area contributed by atoms with Crippen LogP contribution in [0.15, 0.2) is 12.1 Å². The van der Waals surface area contributed by atoms with Crippen LogP contribution < -0.4 is 4.74 Å². The Morgan fingerprint density at radius 2 is 1.60 bits per heavy atom. The van der Waals surface area contributed by atoms with Crippen LogP contribution in [0.3, 0.4) is 0 Å². The number of carbonyl (C=O) groups is 3. The minimum Gasteiger partial charge on any atom is -0.504 e. The number of carbonyl (C=O) groups excluding carboxylic acids is 3. The highest BCUT2D eigenvalue weighted by atomic mass is 16.6. The smallest absolute Gasteiger partial charge is 0.165 e. The van der Waals surface area contributed by atoms with E-state index in [0.29, 0.717) is 29.9 Å². The first-order valence-electron chi connectivity index (χ1n) is 18.6. The van der Waals surface area contributed by atoms with Crippen LogP contribution in [0, 0.1) is 23.7 Å². The Kier molecular flexibility index (Phi) is 11.9. The lowest BCUT2D eigenvalue weighted by atomic mass is 9.51. The molecule has 5 rings (SSSR count). The van der Waals surface area contributed by atoms with Gasteiger partial charge in [0.05, 0.1) is 6.10 Å². The summed E-state index contributed by atoms with van der Waals surface area (Å²) in [6.45, 7) is 8.56. The monoisotopic (exact) mass is 653 g/mol. The lowest BCUT2D eigenvalue weighted by Crippen LogP contribution is -2.66. The van der Waals surface area contributed by atoms with Crippen molar-refractivity contribution in [2.75, 3.05) is 13.6 Å². The number of unbranched alkanes of at least 4 members (excludes halogenated alkanes) is 3. The predicted molar refractivity (Wildman–Crippen MR) is 182 cm³/mol. The number of nitrogens with zero attached hydrogens (tertiary/aromatic N) is 1. The normalized spacial score (nSPS) is 28.6. The van der Waals surface area contributed by atoms with Gasteiger partial charge in [-0.2, -0.15) is 0 Å². The zero-order valence-corrected chi connectivity index (χ0v) is 29.5. The summed E-state index contributed by atoms with van der Waals surface area (Å²) in [5.74, 6) is 2.02. The number of piperidine rings is 1. The van der Waals surface area contributed by atoms with Crippen molar-refractivity contribution < 1.29 is 34.1 Å². The Labute approximate surface area is 282 Å². The molecule has 2 N–H and O–H groups in total. The van der Waals surface area contributed by atoms with E-state index in [1.165, 1.54) is 11.1 Å². The van der Waals surface area contributed by atoms with Gasteiger partial charge >= 0.3 is 0 Å². The first-order chi connectivity index (χ1) is 22.4. The maximum absolute atomic E-state index is 12.9. The Morgan fingerprint density at radius 1 is 0.936 bits per heavy atom. The number of ether oxygens (including phenoxy) is 2. The van der Waals surface area contributed by atoms with E-state index in [1.807, 2.05) is 20.8 Å². The number of aliphatic hydroxyl groups excluding tert-OH is 1. The second-order valence-corrected chi connectivity index (χ2v) is 15.5. The van der Waals surface area contributed by atoms with Crippen LogP contribution in [0.4, 0.5) is 0 Å². The van der Waals surface area contributed by atoms with E-state index < -0.39 is 6.29 Å². The van der Waals surface area contributed by atoms with Crippen molar-refractivity contribution in [3.05, 3.63) is 23.3 Å². The zero-order chi connectivity index (χ0) is 33.9. The van der Waals surface area contributed by atoms with E-state index in [0.717, 1.165) is 83.6 Å². The van der Waals surface area contributed by atoms with Gasteiger partial charge in [0.15, 0.2) is 17.8 Å². The van der Waals surface area contributed by atoms with Gasteiger partial charge in [-0.05, 0) is 89.4 Å². The van der Waals surface area contributed by atoms with Crippen LogP contribution in [-0.2, 0) is 31.0 Å². The van der Waals surface area contributed by atoms with Crippen molar-refractivity contribution >= 4 is 17.3 Å². The highest BCUT2D eigenvalue weighted by molar-refractivity contribution is 5.81. The number of likely N-dealkylation sites (tertiary alicyclic amines) is 1. The molecule has 1 saturated carbocycles. The molecule has 2 heterocycles. The number of phenolic OH excluding ortho intramolecular Hbond substituents is 1. The molecule has 4 aliphatic rings. The lowest BCUT2D eigenvalue weighted by Gasteiger charge is -2.59. The fourth-order valence-corrected chi connectivity index (χ4v) is 9.21. The molecule has 0 amide bonds. The highest BCUT2D eigenvalue weighted by Gasteiger charge is 2.65. The summed E-state index contributed by atoms with van der Waals surface area (Å²) in [5, 5.41) is 21.7. The van der Waals surface area contributed by atoms with Gasteiger partial charge < -0.3 is 24.6 Å². The Morgan fingerprint density at radius 3 is 2.30 bits per heavy atom. The van der Waals surface area contributed by atoms with E-state index in [9.17, 15) is 24.6 Å². The summed E-state index contributed by atoms with van der Waals surface area (Å²) < 4.78 is 12.8. The zero-order valence-electron chi connectivity index (χ0n) is 29.5. The molecule has 2 aliphatic heterocycles. The Hall–Kier alpha value is -2.29. The molecule has 8 heteroatoms. The number of hydrogen-bond acceptors (Lipinski definition) is 8. The van der Waals surface area contributed by atoms with Gasteiger partial charge in [-0.25, -0.2) is 0 Å². The van der Waals surface area contributed by atoms with Crippen LogP contribution in [0.25, 0.3) is 0 Å². The summed E-state index contributed by atoms with van der Waals surface area (Å²) >= 11 is 0. The van der Waals surface area contributed by atoms with Gasteiger partial charge in [0, 0.05) is 54.0 Å². The maximum atomic E-state index is 12.9. The molecule has 2 fully saturated rings. The van der Waals surface area contributed by atoms with Crippen molar-refractivity contribution in [1.29, 1.82) is 0 Å². The number of phenols is 1. The number of rotatable bonds is 19. The molecular weight excluding hydrogens is 594 g/mol. The van der Waals surface area contributed by atoms with Gasteiger partial charge in [0.2, 0.25) is 0 Å². The summed E-state index contributed by atoms with van der Waals surface area (Å²) in [6.07, 6.45) is 10.5. The van der Waals surface area contributed by atoms with Crippen molar-refractivity contribution in [3.63, 3.8) is 0 Å². The number of benzene rings is 1. The molecule has 9 unspecified atom stereocenters. The van der Waals surface area contributed by atoms with Gasteiger partial charge in [-0.3, -0.25) is 14.4 Å².